The molecule has 0 atom stereocenters. The lowest BCUT2D eigenvalue weighted by atomic mass is 10.1. The van der Waals surface area contributed by atoms with Crippen molar-refractivity contribution in [3.05, 3.63) is 54.6 Å². The van der Waals surface area contributed by atoms with Crippen LogP contribution in [0.1, 0.15) is 12.8 Å². The highest BCUT2D eigenvalue weighted by molar-refractivity contribution is 7.92. The molecule has 0 saturated heterocycles. The summed E-state index contributed by atoms with van der Waals surface area (Å²) in [6.07, 6.45) is 0.481. The number of nitrogens with one attached hydrogen (secondary N) is 2. The maximum absolute atomic E-state index is 12.4. The van der Waals surface area contributed by atoms with Crippen LogP contribution < -0.4 is 10.0 Å². The molecule has 3 rings (SSSR count). The molecule has 2 aromatic rings. The van der Waals surface area contributed by atoms with Crippen LogP contribution in [0.3, 0.4) is 0 Å². The summed E-state index contributed by atoms with van der Waals surface area (Å²) >= 11 is 0. The molecule has 2 N–H and O–H groups in total. The Morgan fingerprint density at radius 2 is 1.74 bits per heavy atom. The van der Waals surface area contributed by atoms with Crippen LogP contribution in [0.2, 0.25) is 0 Å². The number of nitrogens with zero attached hydrogens (tertiary/aromatic N) is 2. The van der Waals surface area contributed by atoms with Crippen LogP contribution in [-0.2, 0) is 19.6 Å². The molecule has 0 spiro atoms. The minimum absolute atomic E-state index is 0.142. The summed E-state index contributed by atoms with van der Waals surface area (Å²) in [4.78, 5) is 23.9. The first-order chi connectivity index (χ1) is 12.8. The van der Waals surface area contributed by atoms with Gasteiger partial charge in [-0.3, -0.25) is 14.3 Å². The van der Waals surface area contributed by atoms with Gasteiger partial charge in [0.15, 0.2) is 0 Å². The Labute approximate surface area is 156 Å². The van der Waals surface area contributed by atoms with Crippen molar-refractivity contribution in [2.45, 2.75) is 17.7 Å². The van der Waals surface area contributed by atoms with Crippen LogP contribution in [0.5, 0.6) is 0 Å². The van der Waals surface area contributed by atoms with Gasteiger partial charge in [0.2, 0.25) is 5.91 Å². The standard InChI is InChI=1S/C18H18N4O4S/c1-22-17(23)11-10-16(20-22)18(24)19-13-6-5-7-14(12-13)21-27(25,26)15-8-3-2-4-9-15/h2-9,12,21H,10-11H2,1H3,(H,19,24). The first-order valence-corrected chi connectivity index (χ1v) is 9.67. The van der Waals surface area contributed by atoms with Gasteiger partial charge in [-0.1, -0.05) is 24.3 Å². The summed E-state index contributed by atoms with van der Waals surface area (Å²) in [5.41, 5.74) is 0.970. The topological polar surface area (TPSA) is 108 Å². The zero-order valence-electron chi connectivity index (χ0n) is 14.5. The molecule has 27 heavy (non-hydrogen) atoms. The molecule has 0 fully saturated rings. The molecule has 1 aliphatic heterocycles. The monoisotopic (exact) mass is 386 g/mol. The van der Waals surface area contributed by atoms with Gasteiger partial charge < -0.3 is 5.32 Å². The number of carbonyl (C=O) groups excluding carboxylic acids is 2. The lowest BCUT2D eigenvalue weighted by Crippen LogP contribution is -2.34. The van der Waals surface area contributed by atoms with Gasteiger partial charge in [0.1, 0.15) is 5.71 Å². The molecular formula is C18H18N4O4S. The highest BCUT2D eigenvalue weighted by Crippen LogP contribution is 2.20. The van der Waals surface area contributed by atoms with Crippen LogP contribution in [0.15, 0.2) is 64.6 Å². The third kappa shape index (κ3) is 4.50. The molecule has 0 saturated carbocycles. The molecule has 0 aromatic heterocycles. The Balaban J connectivity index is 1.74. The van der Waals surface area contributed by atoms with Gasteiger partial charge in [-0.05, 0) is 30.3 Å². The summed E-state index contributed by atoms with van der Waals surface area (Å²) in [7, 11) is -2.23. The predicted octanol–water partition coefficient (Wildman–Crippen LogP) is 2.03. The molecule has 1 heterocycles. The fourth-order valence-electron chi connectivity index (χ4n) is 2.51. The number of hydrogen-bond donors (Lipinski definition) is 2. The van der Waals surface area contributed by atoms with E-state index < -0.39 is 15.9 Å². The SMILES string of the molecule is CN1N=C(C(=O)Nc2cccc(NS(=O)(=O)c3ccccc3)c2)CCC1=O. The van der Waals surface area contributed by atoms with Crippen molar-refractivity contribution in [3.63, 3.8) is 0 Å². The second-order valence-electron chi connectivity index (χ2n) is 5.92. The molecule has 2 amide bonds. The van der Waals surface area contributed by atoms with E-state index >= 15 is 0 Å². The number of anilines is 2. The third-order valence-electron chi connectivity index (χ3n) is 3.90. The average Bonchev–Trinajstić information content (AvgIpc) is 2.64. The minimum Gasteiger partial charge on any atom is -0.321 e. The average molecular weight is 386 g/mol. The Morgan fingerprint density at radius 3 is 2.44 bits per heavy atom. The Bertz CT molecular complexity index is 1000. The first kappa shape index (κ1) is 18.6. The van der Waals surface area contributed by atoms with Gasteiger partial charge in [0.25, 0.3) is 15.9 Å². The summed E-state index contributed by atoms with van der Waals surface area (Å²) < 4.78 is 27.3. The van der Waals surface area contributed by atoms with Gasteiger partial charge >= 0.3 is 0 Å². The minimum atomic E-state index is -3.72. The van der Waals surface area contributed by atoms with E-state index in [0.717, 1.165) is 5.01 Å². The van der Waals surface area contributed by atoms with Gasteiger partial charge in [-0.2, -0.15) is 5.10 Å². The number of amides is 2. The number of hydrazone groups is 1. The zero-order chi connectivity index (χ0) is 19.4. The van der Waals surface area contributed by atoms with E-state index in [1.165, 1.54) is 25.2 Å². The van der Waals surface area contributed by atoms with Crippen molar-refractivity contribution < 1.29 is 18.0 Å². The summed E-state index contributed by atoms with van der Waals surface area (Å²) in [6, 6.07) is 14.3. The molecule has 0 radical (unpaired) electrons. The molecule has 0 unspecified atom stereocenters. The largest absolute Gasteiger partial charge is 0.321 e. The van der Waals surface area contributed by atoms with E-state index in [0.29, 0.717) is 11.4 Å². The lowest BCUT2D eigenvalue weighted by molar-refractivity contribution is -0.130. The Kier molecular flexibility index (Phi) is 5.22. The predicted molar refractivity (Wildman–Crippen MR) is 102 cm³/mol. The quantitative estimate of drug-likeness (QED) is 0.820. The number of sulfonamides is 1. The molecule has 1 aliphatic rings. The summed E-state index contributed by atoms with van der Waals surface area (Å²) in [6.45, 7) is 0. The summed E-state index contributed by atoms with van der Waals surface area (Å²) in [5, 5.41) is 7.77. The van der Waals surface area contributed by atoms with Crippen LogP contribution >= 0.6 is 0 Å². The number of hydrogen-bond acceptors (Lipinski definition) is 5. The third-order valence-corrected chi connectivity index (χ3v) is 5.29. The molecule has 0 bridgehead atoms. The van der Waals surface area contributed by atoms with Gasteiger partial charge in [-0.15, -0.1) is 0 Å². The van der Waals surface area contributed by atoms with Crippen LogP contribution in [-0.4, -0.2) is 38.0 Å². The highest BCUT2D eigenvalue weighted by Gasteiger charge is 2.22. The zero-order valence-corrected chi connectivity index (χ0v) is 15.4. The normalized spacial score (nSPS) is 14.5. The number of rotatable bonds is 5. The number of benzene rings is 2. The Morgan fingerprint density at radius 1 is 1.04 bits per heavy atom. The van der Waals surface area contributed by atoms with Crippen LogP contribution in [0, 0.1) is 0 Å². The maximum atomic E-state index is 12.4. The molecule has 8 nitrogen and oxygen atoms in total. The van der Waals surface area contributed by atoms with Crippen LogP contribution in [0.25, 0.3) is 0 Å². The second-order valence-corrected chi connectivity index (χ2v) is 7.60. The van der Waals surface area contributed by atoms with Crippen molar-refractivity contribution in [2.24, 2.45) is 5.10 Å². The maximum Gasteiger partial charge on any atom is 0.271 e. The second kappa shape index (κ2) is 7.58. The van der Waals surface area contributed by atoms with E-state index in [9.17, 15) is 18.0 Å². The number of carbonyl (C=O) groups is 2. The van der Waals surface area contributed by atoms with Crippen molar-refractivity contribution in [3.8, 4) is 0 Å². The first-order valence-electron chi connectivity index (χ1n) is 8.18. The van der Waals surface area contributed by atoms with E-state index in [1.54, 1.807) is 36.4 Å². The Hall–Kier alpha value is -3.20. The molecule has 140 valence electrons. The highest BCUT2D eigenvalue weighted by atomic mass is 32.2. The van der Waals surface area contributed by atoms with Gasteiger partial charge in [0.05, 0.1) is 10.6 Å². The molecule has 9 heteroatoms. The molecular weight excluding hydrogens is 368 g/mol. The van der Waals surface area contributed by atoms with E-state index in [4.69, 9.17) is 0 Å². The summed E-state index contributed by atoms with van der Waals surface area (Å²) in [5.74, 6) is -0.582. The molecule has 0 aliphatic carbocycles. The fourth-order valence-corrected chi connectivity index (χ4v) is 3.58. The van der Waals surface area contributed by atoms with Crippen molar-refractivity contribution in [1.29, 1.82) is 0 Å². The van der Waals surface area contributed by atoms with E-state index in [2.05, 4.69) is 15.1 Å². The van der Waals surface area contributed by atoms with Crippen LogP contribution in [0.4, 0.5) is 11.4 Å². The van der Waals surface area contributed by atoms with Gasteiger partial charge in [-0.25, -0.2) is 13.4 Å². The van der Waals surface area contributed by atoms with E-state index in [1.807, 2.05) is 0 Å². The smallest absolute Gasteiger partial charge is 0.271 e. The van der Waals surface area contributed by atoms with E-state index in [-0.39, 0.29) is 29.4 Å². The molecule has 2 aromatic carbocycles. The van der Waals surface area contributed by atoms with Crippen molar-refractivity contribution in [2.75, 3.05) is 17.1 Å². The fraction of sp³-hybridized carbons (Fsp3) is 0.167. The van der Waals surface area contributed by atoms with Crippen molar-refractivity contribution in [1.82, 2.24) is 5.01 Å². The lowest BCUT2D eigenvalue weighted by Gasteiger charge is -2.19. The van der Waals surface area contributed by atoms with Crippen molar-refractivity contribution >= 4 is 38.9 Å². The van der Waals surface area contributed by atoms with Gasteiger partial charge in [0, 0.05) is 25.6 Å².